The minimum atomic E-state index is -4.43. The molecule has 140 valence electrons. The fourth-order valence-electron chi connectivity index (χ4n) is 2.34. The average Bonchev–Trinajstić information content (AvgIpc) is 3.10. The third kappa shape index (κ3) is 4.85. The highest BCUT2D eigenvalue weighted by Crippen LogP contribution is 2.29. The largest absolute Gasteiger partial charge is 0.416 e. The summed E-state index contributed by atoms with van der Waals surface area (Å²) in [6.45, 7) is 0.259. The normalized spacial score (nSPS) is 11.4. The van der Waals surface area contributed by atoms with E-state index in [1.165, 1.54) is 0 Å². The van der Waals surface area contributed by atoms with Gasteiger partial charge in [0.05, 0.1) is 5.56 Å². The highest BCUT2D eigenvalue weighted by Gasteiger charge is 2.30. The number of carbonyl (C=O) groups is 1. The maximum Gasteiger partial charge on any atom is 0.416 e. The summed E-state index contributed by atoms with van der Waals surface area (Å²) >= 11 is 5.84. The van der Waals surface area contributed by atoms with E-state index in [0.29, 0.717) is 23.1 Å². The number of benzene rings is 2. The summed E-state index contributed by atoms with van der Waals surface area (Å²) in [6, 6.07) is 11.1. The molecule has 0 saturated heterocycles. The van der Waals surface area contributed by atoms with Crippen molar-refractivity contribution in [2.45, 2.75) is 12.6 Å². The number of aromatic nitrogens is 3. The smallest absolute Gasteiger partial charge is 0.352 e. The Morgan fingerprint density at radius 1 is 1.07 bits per heavy atom. The van der Waals surface area contributed by atoms with Gasteiger partial charge in [0.1, 0.15) is 5.82 Å². The van der Waals surface area contributed by atoms with Crippen LogP contribution >= 0.6 is 11.6 Å². The van der Waals surface area contributed by atoms with E-state index in [-0.39, 0.29) is 12.1 Å². The van der Waals surface area contributed by atoms with Crippen molar-refractivity contribution < 1.29 is 18.0 Å². The van der Waals surface area contributed by atoms with Gasteiger partial charge in [-0.3, -0.25) is 9.89 Å². The number of nitrogens with zero attached hydrogens (tertiary/aromatic N) is 2. The van der Waals surface area contributed by atoms with Crippen molar-refractivity contribution in [2.24, 2.45) is 0 Å². The Kier molecular flexibility index (Phi) is 5.46. The lowest BCUT2D eigenvalue weighted by molar-refractivity contribution is -0.137. The van der Waals surface area contributed by atoms with Gasteiger partial charge in [0, 0.05) is 29.1 Å². The molecule has 0 bridgehead atoms. The first kappa shape index (κ1) is 18.9. The fraction of sp³-hybridized carbons (Fsp3) is 0.167. The number of hydrogen-bond acceptors (Lipinski definition) is 3. The van der Waals surface area contributed by atoms with Gasteiger partial charge in [-0.1, -0.05) is 11.6 Å². The number of nitrogens with one attached hydrogen (secondary N) is 2. The molecule has 9 heteroatoms. The van der Waals surface area contributed by atoms with Crippen LogP contribution in [0.3, 0.4) is 0 Å². The molecule has 0 unspecified atom stereocenters. The van der Waals surface area contributed by atoms with Crippen LogP contribution in [-0.4, -0.2) is 27.6 Å². The number of aromatic amines is 1. The zero-order valence-corrected chi connectivity index (χ0v) is 14.6. The predicted molar refractivity (Wildman–Crippen MR) is 94.3 cm³/mol. The average molecular weight is 395 g/mol. The van der Waals surface area contributed by atoms with Crippen molar-refractivity contribution >= 4 is 17.5 Å². The Balaban J connectivity index is 1.54. The molecular weight excluding hydrogens is 381 g/mol. The van der Waals surface area contributed by atoms with Gasteiger partial charge < -0.3 is 5.32 Å². The maximum absolute atomic E-state index is 12.5. The minimum absolute atomic E-state index is 0.155. The first-order chi connectivity index (χ1) is 12.8. The fourth-order valence-corrected chi connectivity index (χ4v) is 2.47. The summed E-state index contributed by atoms with van der Waals surface area (Å²) in [5, 5.41) is 10.1. The number of hydrogen-bond donors (Lipinski definition) is 2. The van der Waals surface area contributed by atoms with Crippen LogP contribution in [0.2, 0.25) is 5.02 Å². The van der Waals surface area contributed by atoms with Crippen LogP contribution in [0.25, 0.3) is 11.4 Å². The molecule has 0 atom stereocenters. The Morgan fingerprint density at radius 3 is 2.37 bits per heavy atom. The summed E-state index contributed by atoms with van der Waals surface area (Å²) in [6.07, 6.45) is -4.03. The second-order valence-corrected chi connectivity index (χ2v) is 6.13. The van der Waals surface area contributed by atoms with Crippen molar-refractivity contribution in [3.63, 3.8) is 0 Å². The van der Waals surface area contributed by atoms with Gasteiger partial charge >= 0.3 is 6.18 Å². The van der Waals surface area contributed by atoms with Crippen LogP contribution in [-0.2, 0) is 12.6 Å². The lowest BCUT2D eigenvalue weighted by Gasteiger charge is -2.08. The molecule has 3 aromatic rings. The summed E-state index contributed by atoms with van der Waals surface area (Å²) in [5.74, 6) is 0.629. The van der Waals surface area contributed by atoms with Crippen LogP contribution in [0.15, 0.2) is 48.5 Å². The van der Waals surface area contributed by atoms with Crippen molar-refractivity contribution in [2.75, 3.05) is 6.54 Å². The quantitative estimate of drug-likeness (QED) is 0.684. The number of H-pyrrole nitrogens is 1. The molecule has 27 heavy (non-hydrogen) atoms. The SMILES string of the molecule is O=C(NCCc1nc(-c2ccc(Cl)cc2)n[nH]1)c1ccc(C(F)(F)F)cc1. The number of amides is 1. The van der Waals surface area contributed by atoms with Crippen molar-refractivity contribution in [1.29, 1.82) is 0 Å². The molecule has 0 aliphatic rings. The second-order valence-electron chi connectivity index (χ2n) is 5.69. The number of halogens is 4. The molecular formula is C18H14ClF3N4O. The summed E-state index contributed by atoms with van der Waals surface area (Å²) < 4.78 is 37.6. The number of rotatable bonds is 5. The minimum Gasteiger partial charge on any atom is -0.352 e. The molecule has 2 aromatic carbocycles. The van der Waals surface area contributed by atoms with E-state index < -0.39 is 17.6 Å². The van der Waals surface area contributed by atoms with E-state index in [9.17, 15) is 18.0 Å². The molecule has 2 N–H and O–H groups in total. The molecule has 0 saturated carbocycles. The van der Waals surface area contributed by atoms with Gasteiger partial charge in [-0.05, 0) is 48.5 Å². The topological polar surface area (TPSA) is 70.7 Å². The summed E-state index contributed by atoms with van der Waals surface area (Å²) in [7, 11) is 0. The zero-order valence-electron chi connectivity index (χ0n) is 13.8. The third-order valence-corrected chi connectivity index (χ3v) is 4.01. The van der Waals surface area contributed by atoms with Gasteiger partial charge in [0.2, 0.25) is 0 Å². The molecule has 0 aliphatic carbocycles. The molecule has 1 aromatic heterocycles. The first-order valence-corrected chi connectivity index (χ1v) is 8.33. The number of carbonyl (C=O) groups excluding carboxylic acids is 1. The van der Waals surface area contributed by atoms with Crippen molar-refractivity contribution in [3.05, 3.63) is 70.5 Å². The van der Waals surface area contributed by atoms with Crippen molar-refractivity contribution in [1.82, 2.24) is 20.5 Å². The maximum atomic E-state index is 12.5. The molecule has 3 rings (SSSR count). The molecule has 0 radical (unpaired) electrons. The lowest BCUT2D eigenvalue weighted by Crippen LogP contribution is -2.26. The predicted octanol–water partition coefficient (Wildman–Crippen LogP) is 4.12. The van der Waals surface area contributed by atoms with Crippen LogP contribution < -0.4 is 5.32 Å². The highest BCUT2D eigenvalue weighted by atomic mass is 35.5. The van der Waals surface area contributed by atoms with Gasteiger partial charge in [0.25, 0.3) is 5.91 Å². The molecule has 5 nitrogen and oxygen atoms in total. The van der Waals surface area contributed by atoms with Crippen molar-refractivity contribution in [3.8, 4) is 11.4 Å². The second kappa shape index (κ2) is 7.79. The van der Waals surface area contributed by atoms with E-state index in [1.54, 1.807) is 24.3 Å². The summed E-state index contributed by atoms with van der Waals surface area (Å²) in [5.41, 5.74) is 0.161. The van der Waals surface area contributed by atoms with Crippen LogP contribution in [0.5, 0.6) is 0 Å². The van der Waals surface area contributed by atoms with Gasteiger partial charge in [-0.2, -0.15) is 18.3 Å². The van der Waals surface area contributed by atoms with E-state index in [4.69, 9.17) is 11.6 Å². The van der Waals surface area contributed by atoms with Crippen LogP contribution in [0.1, 0.15) is 21.7 Å². The Labute approximate surface area is 157 Å². The lowest BCUT2D eigenvalue weighted by atomic mass is 10.1. The standard InChI is InChI=1S/C18H14ClF3N4O/c19-14-7-3-11(4-8-14)16-24-15(25-26-16)9-10-23-17(27)12-1-5-13(6-2-12)18(20,21)22/h1-8H,9-10H2,(H,23,27)(H,24,25,26). The third-order valence-electron chi connectivity index (χ3n) is 3.76. The molecule has 1 heterocycles. The number of alkyl halides is 3. The van der Waals surface area contributed by atoms with Crippen LogP contribution in [0, 0.1) is 0 Å². The molecule has 1 amide bonds. The first-order valence-electron chi connectivity index (χ1n) is 7.95. The highest BCUT2D eigenvalue weighted by molar-refractivity contribution is 6.30. The van der Waals surface area contributed by atoms with Gasteiger partial charge in [-0.25, -0.2) is 4.98 Å². The van der Waals surface area contributed by atoms with E-state index in [1.807, 2.05) is 0 Å². The van der Waals surface area contributed by atoms with Gasteiger partial charge in [0.15, 0.2) is 5.82 Å². The van der Waals surface area contributed by atoms with E-state index in [2.05, 4.69) is 20.5 Å². The van der Waals surface area contributed by atoms with Gasteiger partial charge in [-0.15, -0.1) is 0 Å². The Morgan fingerprint density at radius 2 is 1.74 bits per heavy atom. The monoisotopic (exact) mass is 394 g/mol. The summed E-state index contributed by atoms with van der Waals surface area (Å²) in [4.78, 5) is 16.3. The Bertz CT molecular complexity index is 921. The van der Waals surface area contributed by atoms with Crippen LogP contribution in [0.4, 0.5) is 13.2 Å². The molecule has 0 spiro atoms. The van der Waals surface area contributed by atoms with E-state index >= 15 is 0 Å². The molecule has 0 aliphatic heterocycles. The Hall–Kier alpha value is -2.87. The van der Waals surface area contributed by atoms with E-state index in [0.717, 1.165) is 29.8 Å². The molecule has 0 fully saturated rings. The zero-order chi connectivity index (χ0) is 19.4.